The Balaban J connectivity index is 1.99. The van der Waals surface area contributed by atoms with Gasteiger partial charge in [-0.2, -0.15) is 0 Å². The van der Waals surface area contributed by atoms with Crippen LogP contribution in [0.5, 0.6) is 0 Å². The van der Waals surface area contributed by atoms with Crippen LogP contribution in [-0.2, 0) is 11.2 Å². The monoisotopic (exact) mass is 365 g/mol. The van der Waals surface area contributed by atoms with E-state index in [1.807, 2.05) is 32.0 Å². The molecule has 26 heavy (non-hydrogen) atoms. The number of aromatic nitrogens is 2. The zero-order chi connectivity index (χ0) is 18.6. The molecule has 1 heterocycles. The summed E-state index contributed by atoms with van der Waals surface area (Å²) < 4.78 is 0. The highest BCUT2D eigenvalue weighted by Crippen LogP contribution is 2.41. The van der Waals surface area contributed by atoms with Gasteiger partial charge in [0, 0.05) is 5.92 Å². The molecule has 1 N–H and O–H groups in total. The average Bonchev–Trinajstić information content (AvgIpc) is 3.16. The zero-order valence-corrected chi connectivity index (χ0v) is 16.1. The van der Waals surface area contributed by atoms with Gasteiger partial charge < -0.3 is 5.32 Å². The number of aryl methyl sites for hydroxylation is 1. The Kier molecular flexibility index (Phi) is 5.47. The average molecular weight is 366 g/mol. The molecule has 3 rings (SSSR count). The number of benzene rings is 2. The molecule has 0 aliphatic rings. The fourth-order valence-corrected chi connectivity index (χ4v) is 3.67. The SMILES string of the molecule is CCc1ccc(C(c2ccccc2)C(C)(C)C(=O)Nc2nncs2)cc1. The molecule has 3 aromatic rings. The second-order valence-corrected chi connectivity index (χ2v) is 7.69. The third-order valence-corrected chi connectivity index (χ3v) is 5.35. The molecule has 0 radical (unpaired) electrons. The summed E-state index contributed by atoms with van der Waals surface area (Å²) in [5.74, 6) is -0.134. The normalized spacial score (nSPS) is 12.6. The van der Waals surface area contributed by atoms with E-state index in [0.717, 1.165) is 17.5 Å². The van der Waals surface area contributed by atoms with Gasteiger partial charge in [-0.25, -0.2) is 0 Å². The third-order valence-electron chi connectivity index (χ3n) is 4.74. The Morgan fingerprint density at radius 2 is 1.73 bits per heavy atom. The molecule has 5 heteroatoms. The van der Waals surface area contributed by atoms with Crippen LogP contribution in [0.3, 0.4) is 0 Å². The van der Waals surface area contributed by atoms with Crippen molar-refractivity contribution in [1.82, 2.24) is 10.2 Å². The lowest BCUT2D eigenvalue weighted by Gasteiger charge is -2.33. The number of hydrogen-bond acceptors (Lipinski definition) is 4. The van der Waals surface area contributed by atoms with E-state index in [2.05, 4.69) is 58.8 Å². The van der Waals surface area contributed by atoms with E-state index in [1.165, 1.54) is 16.9 Å². The number of carbonyl (C=O) groups is 1. The smallest absolute Gasteiger partial charge is 0.232 e. The van der Waals surface area contributed by atoms with Crippen molar-refractivity contribution >= 4 is 22.4 Å². The highest BCUT2D eigenvalue weighted by molar-refractivity contribution is 7.13. The van der Waals surface area contributed by atoms with Gasteiger partial charge in [-0.05, 0) is 23.1 Å². The summed E-state index contributed by atoms with van der Waals surface area (Å²) in [4.78, 5) is 13.1. The maximum atomic E-state index is 13.1. The molecule has 134 valence electrons. The van der Waals surface area contributed by atoms with Crippen molar-refractivity contribution in [1.29, 1.82) is 0 Å². The lowest BCUT2D eigenvalue weighted by atomic mass is 9.70. The minimum atomic E-state index is -0.666. The third kappa shape index (κ3) is 3.83. The van der Waals surface area contributed by atoms with Crippen LogP contribution in [0.25, 0.3) is 0 Å². The maximum absolute atomic E-state index is 13.1. The van der Waals surface area contributed by atoms with Gasteiger partial charge in [0.2, 0.25) is 11.0 Å². The molecule has 0 fully saturated rings. The van der Waals surface area contributed by atoms with Gasteiger partial charge in [0.1, 0.15) is 5.51 Å². The van der Waals surface area contributed by atoms with Crippen molar-refractivity contribution in [3.05, 3.63) is 76.8 Å². The lowest BCUT2D eigenvalue weighted by molar-refractivity contribution is -0.124. The molecule has 0 aliphatic heterocycles. The Bertz CT molecular complexity index is 843. The number of nitrogens with zero attached hydrogens (tertiary/aromatic N) is 2. The van der Waals surface area contributed by atoms with E-state index in [0.29, 0.717) is 5.13 Å². The molecular weight excluding hydrogens is 342 g/mol. The Morgan fingerprint density at radius 3 is 2.31 bits per heavy atom. The van der Waals surface area contributed by atoms with Gasteiger partial charge in [-0.15, -0.1) is 10.2 Å². The molecule has 4 nitrogen and oxygen atoms in total. The summed E-state index contributed by atoms with van der Waals surface area (Å²) >= 11 is 1.32. The molecule has 0 bridgehead atoms. The van der Waals surface area contributed by atoms with Crippen molar-refractivity contribution in [2.75, 3.05) is 5.32 Å². The summed E-state index contributed by atoms with van der Waals surface area (Å²) in [5, 5.41) is 11.2. The highest BCUT2D eigenvalue weighted by Gasteiger charge is 2.39. The van der Waals surface area contributed by atoms with Gasteiger partial charge in [0.25, 0.3) is 0 Å². The summed E-state index contributed by atoms with van der Waals surface area (Å²) in [6, 6.07) is 18.7. The predicted octanol–water partition coefficient (Wildman–Crippen LogP) is 4.90. The van der Waals surface area contributed by atoms with Crippen LogP contribution < -0.4 is 5.32 Å². The molecule has 2 aromatic carbocycles. The standard InChI is InChI=1S/C21H23N3OS/c1-4-15-10-12-17(13-11-15)18(16-8-6-5-7-9-16)21(2,3)19(25)23-20-24-22-14-26-20/h5-14,18H,4H2,1-3H3,(H,23,24,25). The van der Waals surface area contributed by atoms with Crippen LogP contribution in [0, 0.1) is 5.41 Å². The summed E-state index contributed by atoms with van der Waals surface area (Å²) in [6.45, 7) is 6.10. The van der Waals surface area contributed by atoms with Crippen molar-refractivity contribution in [3.63, 3.8) is 0 Å². The Labute approximate surface area is 158 Å². The van der Waals surface area contributed by atoms with Crippen LogP contribution >= 0.6 is 11.3 Å². The van der Waals surface area contributed by atoms with E-state index in [1.54, 1.807) is 5.51 Å². The number of carbonyl (C=O) groups excluding carboxylic acids is 1. The molecule has 1 aromatic heterocycles. The second-order valence-electron chi connectivity index (χ2n) is 6.86. The second kappa shape index (κ2) is 7.79. The minimum absolute atomic E-state index is 0.0670. The van der Waals surface area contributed by atoms with E-state index < -0.39 is 5.41 Å². The summed E-state index contributed by atoms with van der Waals surface area (Å²) in [7, 11) is 0. The molecule has 1 amide bonds. The fraction of sp³-hybridized carbons (Fsp3) is 0.286. The number of nitrogens with one attached hydrogen (secondary N) is 1. The fourth-order valence-electron chi connectivity index (χ4n) is 3.23. The minimum Gasteiger partial charge on any atom is -0.300 e. The number of amides is 1. The molecule has 1 atom stereocenters. The van der Waals surface area contributed by atoms with Crippen LogP contribution in [0.1, 0.15) is 43.4 Å². The Hall–Kier alpha value is -2.53. The zero-order valence-electron chi connectivity index (χ0n) is 15.3. The first-order valence-electron chi connectivity index (χ1n) is 8.73. The van der Waals surface area contributed by atoms with Crippen LogP contribution in [0.15, 0.2) is 60.1 Å². The number of anilines is 1. The lowest BCUT2D eigenvalue weighted by Crippen LogP contribution is -2.37. The first kappa shape index (κ1) is 18.3. The molecule has 0 saturated heterocycles. The topological polar surface area (TPSA) is 54.9 Å². The number of hydrogen-bond donors (Lipinski definition) is 1. The quantitative estimate of drug-likeness (QED) is 0.676. The van der Waals surface area contributed by atoms with Crippen molar-refractivity contribution in [3.8, 4) is 0 Å². The van der Waals surface area contributed by atoms with E-state index in [4.69, 9.17) is 0 Å². The molecular formula is C21H23N3OS. The van der Waals surface area contributed by atoms with Crippen LogP contribution in [-0.4, -0.2) is 16.1 Å². The predicted molar refractivity (Wildman–Crippen MR) is 106 cm³/mol. The van der Waals surface area contributed by atoms with Crippen molar-refractivity contribution < 1.29 is 4.79 Å². The van der Waals surface area contributed by atoms with Gasteiger partial charge in [-0.1, -0.05) is 86.7 Å². The summed E-state index contributed by atoms with van der Waals surface area (Å²) in [5.41, 5.74) is 4.48. The number of rotatable bonds is 6. The van der Waals surface area contributed by atoms with Gasteiger partial charge in [-0.3, -0.25) is 4.79 Å². The van der Waals surface area contributed by atoms with Gasteiger partial charge in [0.05, 0.1) is 5.41 Å². The first-order valence-corrected chi connectivity index (χ1v) is 9.61. The molecule has 0 saturated carbocycles. The van der Waals surface area contributed by atoms with E-state index in [9.17, 15) is 4.79 Å². The van der Waals surface area contributed by atoms with Gasteiger partial charge >= 0.3 is 0 Å². The van der Waals surface area contributed by atoms with Crippen LogP contribution in [0.4, 0.5) is 5.13 Å². The Morgan fingerprint density at radius 1 is 1.08 bits per heavy atom. The summed E-state index contributed by atoms with van der Waals surface area (Å²) in [6.07, 6.45) is 0.997. The molecule has 0 aliphatic carbocycles. The van der Waals surface area contributed by atoms with E-state index in [-0.39, 0.29) is 11.8 Å². The maximum Gasteiger partial charge on any atom is 0.232 e. The van der Waals surface area contributed by atoms with Crippen LogP contribution in [0.2, 0.25) is 0 Å². The largest absolute Gasteiger partial charge is 0.300 e. The molecule has 1 unspecified atom stereocenters. The van der Waals surface area contributed by atoms with Crippen molar-refractivity contribution in [2.45, 2.75) is 33.1 Å². The van der Waals surface area contributed by atoms with E-state index >= 15 is 0 Å². The molecule has 0 spiro atoms. The van der Waals surface area contributed by atoms with Gasteiger partial charge in [0.15, 0.2) is 0 Å². The van der Waals surface area contributed by atoms with Crippen molar-refractivity contribution in [2.24, 2.45) is 5.41 Å². The highest BCUT2D eigenvalue weighted by atomic mass is 32.1. The first-order chi connectivity index (χ1) is 12.5.